The molecule has 1 heteroatoms. The molecule has 0 aliphatic carbocycles. The van der Waals surface area contributed by atoms with Crippen molar-refractivity contribution in [2.24, 2.45) is 0 Å². The Kier molecular flexibility index (Phi) is 5.39. The molecule has 0 atom stereocenters. The van der Waals surface area contributed by atoms with Crippen molar-refractivity contribution in [3.8, 4) is 0 Å². The summed E-state index contributed by atoms with van der Waals surface area (Å²) in [5.74, 6) is 0. The molecule has 74 valence electrons. The summed E-state index contributed by atoms with van der Waals surface area (Å²) < 4.78 is 5.32. The van der Waals surface area contributed by atoms with Crippen molar-refractivity contribution in [2.45, 2.75) is 45.4 Å². The Hall–Kier alpha value is -0.720. The lowest BCUT2D eigenvalue weighted by Gasteiger charge is -2.02. The molecule has 0 radical (unpaired) electrons. The maximum absolute atomic E-state index is 5.32. The van der Waals surface area contributed by atoms with Crippen LogP contribution in [0, 0.1) is 0 Å². The molecule has 0 aromatic heterocycles. The molecule has 0 N–H and O–H groups in total. The molecule has 1 aliphatic heterocycles. The van der Waals surface area contributed by atoms with E-state index in [0.717, 1.165) is 13.0 Å². The highest BCUT2D eigenvalue weighted by Gasteiger charge is 1.98. The molecule has 1 aliphatic rings. The molecule has 0 bridgehead atoms. The minimum Gasteiger partial charge on any atom is -0.497 e. The lowest BCUT2D eigenvalue weighted by atomic mass is 10.1. The molecule has 0 fully saturated rings. The van der Waals surface area contributed by atoms with Gasteiger partial charge in [-0.15, -0.1) is 0 Å². The first-order chi connectivity index (χ1) is 6.43. The smallest absolute Gasteiger partial charge is 0.105 e. The third-order valence-electron chi connectivity index (χ3n) is 2.34. The van der Waals surface area contributed by atoms with E-state index in [1.165, 1.54) is 37.7 Å². The fourth-order valence-corrected chi connectivity index (χ4v) is 1.51. The van der Waals surface area contributed by atoms with Crippen LogP contribution in [0.25, 0.3) is 0 Å². The first-order valence-electron chi connectivity index (χ1n) is 5.38. The predicted molar refractivity (Wildman–Crippen MR) is 56.6 cm³/mol. The van der Waals surface area contributed by atoms with Crippen molar-refractivity contribution in [3.05, 3.63) is 24.0 Å². The van der Waals surface area contributed by atoms with Crippen molar-refractivity contribution in [1.29, 1.82) is 0 Å². The summed E-state index contributed by atoms with van der Waals surface area (Å²) >= 11 is 0. The van der Waals surface area contributed by atoms with E-state index < -0.39 is 0 Å². The van der Waals surface area contributed by atoms with Crippen LogP contribution in [0.2, 0.25) is 0 Å². The Morgan fingerprint density at radius 3 is 3.00 bits per heavy atom. The van der Waals surface area contributed by atoms with E-state index in [1.807, 2.05) is 6.26 Å². The molecule has 0 aromatic carbocycles. The molecule has 0 unspecified atom stereocenters. The highest BCUT2D eigenvalue weighted by molar-refractivity contribution is 5.07. The summed E-state index contributed by atoms with van der Waals surface area (Å²) in [5, 5.41) is 0. The number of ether oxygens (including phenoxy) is 1. The molecule has 0 saturated heterocycles. The Bertz CT molecular complexity index is 180. The van der Waals surface area contributed by atoms with Gasteiger partial charge in [0.2, 0.25) is 0 Å². The minimum absolute atomic E-state index is 0.748. The molecular formula is C12H20O. The van der Waals surface area contributed by atoms with Crippen LogP contribution < -0.4 is 0 Å². The standard InChI is InChI=1S/C12H20O/c1-2-3-4-5-8-12-9-6-7-10-13-11-12/h6-7,11H,2-5,8-10H2,1H3. The van der Waals surface area contributed by atoms with E-state index in [4.69, 9.17) is 4.74 Å². The van der Waals surface area contributed by atoms with Gasteiger partial charge in [0.15, 0.2) is 0 Å². The average molecular weight is 180 g/mol. The fourth-order valence-electron chi connectivity index (χ4n) is 1.51. The van der Waals surface area contributed by atoms with Crippen LogP contribution in [0.3, 0.4) is 0 Å². The normalized spacial score (nSPS) is 16.2. The molecule has 1 heterocycles. The summed E-state index contributed by atoms with van der Waals surface area (Å²) in [6.45, 7) is 3.00. The van der Waals surface area contributed by atoms with Gasteiger partial charge in [-0.05, 0) is 24.8 Å². The molecule has 1 rings (SSSR count). The second-order valence-electron chi connectivity index (χ2n) is 3.60. The monoisotopic (exact) mass is 180 g/mol. The lowest BCUT2D eigenvalue weighted by molar-refractivity contribution is 0.287. The van der Waals surface area contributed by atoms with Crippen LogP contribution >= 0.6 is 0 Å². The Morgan fingerprint density at radius 1 is 1.23 bits per heavy atom. The largest absolute Gasteiger partial charge is 0.497 e. The van der Waals surface area contributed by atoms with Gasteiger partial charge in [-0.3, -0.25) is 0 Å². The summed E-state index contributed by atoms with van der Waals surface area (Å²) in [5.41, 5.74) is 1.45. The van der Waals surface area contributed by atoms with Gasteiger partial charge in [0.1, 0.15) is 6.61 Å². The lowest BCUT2D eigenvalue weighted by Crippen LogP contribution is -1.84. The van der Waals surface area contributed by atoms with Gasteiger partial charge in [-0.2, -0.15) is 0 Å². The Balaban J connectivity index is 2.12. The maximum atomic E-state index is 5.32. The molecule has 13 heavy (non-hydrogen) atoms. The quantitative estimate of drug-likeness (QED) is 0.461. The van der Waals surface area contributed by atoms with Gasteiger partial charge in [0.25, 0.3) is 0 Å². The van der Waals surface area contributed by atoms with Crippen LogP contribution in [-0.2, 0) is 4.74 Å². The van der Waals surface area contributed by atoms with E-state index >= 15 is 0 Å². The van der Waals surface area contributed by atoms with Crippen molar-refractivity contribution >= 4 is 0 Å². The van der Waals surface area contributed by atoms with Crippen molar-refractivity contribution in [2.75, 3.05) is 6.61 Å². The molecule has 0 aromatic rings. The predicted octanol–water partition coefficient (Wildman–Crippen LogP) is 3.82. The van der Waals surface area contributed by atoms with Crippen molar-refractivity contribution < 1.29 is 4.74 Å². The molecule has 0 saturated carbocycles. The second-order valence-corrected chi connectivity index (χ2v) is 3.60. The van der Waals surface area contributed by atoms with Crippen LogP contribution in [0.5, 0.6) is 0 Å². The second kappa shape index (κ2) is 6.76. The van der Waals surface area contributed by atoms with Crippen LogP contribution in [0.4, 0.5) is 0 Å². The average Bonchev–Trinajstić information content (AvgIpc) is 2.41. The summed E-state index contributed by atoms with van der Waals surface area (Å²) in [6, 6.07) is 0. The van der Waals surface area contributed by atoms with E-state index in [9.17, 15) is 0 Å². The topological polar surface area (TPSA) is 9.23 Å². The van der Waals surface area contributed by atoms with Gasteiger partial charge in [0.05, 0.1) is 6.26 Å². The van der Waals surface area contributed by atoms with Gasteiger partial charge in [0, 0.05) is 0 Å². The number of hydrogen-bond donors (Lipinski definition) is 0. The summed E-state index contributed by atoms with van der Waals surface area (Å²) in [6.07, 6.45) is 13.9. The van der Waals surface area contributed by atoms with E-state index in [0.29, 0.717) is 0 Å². The molecule has 0 spiro atoms. The number of unbranched alkanes of at least 4 members (excludes halogenated alkanes) is 3. The van der Waals surface area contributed by atoms with Gasteiger partial charge in [-0.25, -0.2) is 0 Å². The number of allylic oxidation sites excluding steroid dienone is 2. The van der Waals surface area contributed by atoms with E-state index in [1.54, 1.807) is 0 Å². The molecule has 1 nitrogen and oxygen atoms in total. The van der Waals surface area contributed by atoms with E-state index in [2.05, 4.69) is 19.1 Å². The highest BCUT2D eigenvalue weighted by Crippen LogP contribution is 2.15. The first kappa shape index (κ1) is 10.4. The van der Waals surface area contributed by atoms with Crippen LogP contribution in [-0.4, -0.2) is 6.61 Å². The summed E-state index contributed by atoms with van der Waals surface area (Å²) in [4.78, 5) is 0. The summed E-state index contributed by atoms with van der Waals surface area (Å²) in [7, 11) is 0. The Labute approximate surface area is 81.5 Å². The van der Waals surface area contributed by atoms with Gasteiger partial charge in [-0.1, -0.05) is 38.3 Å². The third-order valence-corrected chi connectivity index (χ3v) is 2.34. The van der Waals surface area contributed by atoms with E-state index in [-0.39, 0.29) is 0 Å². The fraction of sp³-hybridized carbons (Fsp3) is 0.667. The van der Waals surface area contributed by atoms with Crippen molar-refractivity contribution in [1.82, 2.24) is 0 Å². The number of rotatable bonds is 5. The third kappa shape index (κ3) is 4.76. The maximum Gasteiger partial charge on any atom is 0.105 e. The SMILES string of the molecule is CCCCCCC1=COCC=CC1. The van der Waals surface area contributed by atoms with Gasteiger partial charge >= 0.3 is 0 Å². The zero-order valence-electron chi connectivity index (χ0n) is 8.59. The van der Waals surface area contributed by atoms with Crippen molar-refractivity contribution in [3.63, 3.8) is 0 Å². The number of hydrogen-bond acceptors (Lipinski definition) is 1. The van der Waals surface area contributed by atoms with Gasteiger partial charge < -0.3 is 4.74 Å². The zero-order valence-corrected chi connectivity index (χ0v) is 8.59. The molecule has 0 amide bonds. The zero-order chi connectivity index (χ0) is 9.36. The molecular weight excluding hydrogens is 160 g/mol. The first-order valence-corrected chi connectivity index (χ1v) is 5.38. The minimum atomic E-state index is 0.748. The van der Waals surface area contributed by atoms with Crippen LogP contribution in [0.15, 0.2) is 24.0 Å². The van der Waals surface area contributed by atoms with Crippen LogP contribution in [0.1, 0.15) is 45.4 Å². The Morgan fingerprint density at radius 2 is 2.15 bits per heavy atom. The highest BCUT2D eigenvalue weighted by atomic mass is 16.5.